The molecule has 0 heterocycles. The van der Waals surface area contributed by atoms with Gasteiger partial charge < -0.3 is 15.2 Å². The van der Waals surface area contributed by atoms with Gasteiger partial charge in [-0.25, -0.2) is 0 Å². The van der Waals surface area contributed by atoms with E-state index in [1.165, 1.54) is 0 Å². The minimum absolute atomic E-state index is 0.205. The number of quaternary nitrogens is 1. The number of aromatic hydroxyl groups is 1. The average molecular weight is 168 g/mol. The molecule has 0 unspecified atom stereocenters. The van der Waals surface area contributed by atoms with Crippen molar-refractivity contribution in [3.05, 3.63) is 23.8 Å². The summed E-state index contributed by atoms with van der Waals surface area (Å²) in [4.78, 5) is 0. The number of ether oxygens (including phenoxy) is 1. The van der Waals surface area contributed by atoms with Crippen LogP contribution in [0.4, 0.5) is 0 Å². The van der Waals surface area contributed by atoms with Crippen molar-refractivity contribution in [1.82, 2.24) is 0 Å². The van der Waals surface area contributed by atoms with Gasteiger partial charge in [-0.1, -0.05) is 0 Å². The minimum Gasteiger partial charge on any atom is -0.504 e. The van der Waals surface area contributed by atoms with E-state index in [4.69, 9.17) is 4.74 Å². The van der Waals surface area contributed by atoms with Crippen molar-refractivity contribution in [3.8, 4) is 11.5 Å². The topological polar surface area (TPSA) is 46.1 Å². The molecule has 12 heavy (non-hydrogen) atoms. The molecule has 0 spiro atoms. The molecule has 66 valence electrons. The molecule has 1 rings (SSSR count). The van der Waals surface area contributed by atoms with E-state index in [0.29, 0.717) is 5.75 Å². The summed E-state index contributed by atoms with van der Waals surface area (Å²) in [6.45, 7) is 0.873. The summed E-state index contributed by atoms with van der Waals surface area (Å²) in [5.74, 6) is 0.728. The lowest BCUT2D eigenvalue weighted by Crippen LogP contribution is -2.77. The van der Waals surface area contributed by atoms with Crippen LogP contribution < -0.4 is 10.1 Å². The maximum Gasteiger partial charge on any atom is 0.160 e. The number of benzene rings is 1. The quantitative estimate of drug-likeness (QED) is 0.672. The maximum atomic E-state index is 9.38. The van der Waals surface area contributed by atoms with Crippen molar-refractivity contribution in [1.29, 1.82) is 0 Å². The van der Waals surface area contributed by atoms with Gasteiger partial charge in [0.1, 0.15) is 6.54 Å². The third kappa shape index (κ3) is 1.89. The van der Waals surface area contributed by atoms with Crippen LogP contribution in [0.2, 0.25) is 0 Å². The summed E-state index contributed by atoms with van der Waals surface area (Å²) in [5.41, 5.74) is 1.09. The van der Waals surface area contributed by atoms with Gasteiger partial charge in [0.05, 0.1) is 14.2 Å². The van der Waals surface area contributed by atoms with Crippen LogP contribution in [0.5, 0.6) is 11.5 Å². The first-order chi connectivity index (χ1) is 5.77. The van der Waals surface area contributed by atoms with E-state index in [2.05, 4.69) is 0 Å². The van der Waals surface area contributed by atoms with Crippen molar-refractivity contribution < 1.29 is 15.2 Å². The Kier molecular flexibility index (Phi) is 2.94. The van der Waals surface area contributed by atoms with Crippen molar-refractivity contribution in [2.45, 2.75) is 6.54 Å². The first kappa shape index (κ1) is 8.87. The molecule has 0 aliphatic carbocycles. The third-order valence-corrected chi connectivity index (χ3v) is 1.68. The second kappa shape index (κ2) is 3.97. The van der Waals surface area contributed by atoms with Crippen LogP contribution in [0.3, 0.4) is 0 Å². The van der Waals surface area contributed by atoms with Crippen LogP contribution in [0.15, 0.2) is 18.2 Å². The molecule has 3 nitrogen and oxygen atoms in total. The first-order valence-corrected chi connectivity index (χ1v) is 3.91. The smallest absolute Gasteiger partial charge is 0.160 e. The fraction of sp³-hybridized carbons (Fsp3) is 0.333. The predicted octanol–water partition coefficient (Wildman–Crippen LogP) is 0.0940. The molecular formula is C9H14NO2+. The summed E-state index contributed by atoms with van der Waals surface area (Å²) in [5, 5.41) is 11.4. The molecule has 3 N–H and O–H groups in total. The SMILES string of the molecule is C[NH2+]Cc1ccc(OC)c(O)c1. The Balaban J connectivity index is 2.86. The van der Waals surface area contributed by atoms with Crippen LogP contribution in [-0.4, -0.2) is 19.3 Å². The molecule has 0 aliphatic rings. The largest absolute Gasteiger partial charge is 0.504 e. The lowest BCUT2D eigenvalue weighted by atomic mass is 10.2. The highest BCUT2D eigenvalue weighted by atomic mass is 16.5. The molecule has 0 saturated heterocycles. The van der Waals surface area contributed by atoms with Gasteiger partial charge in [0.2, 0.25) is 0 Å². The molecule has 1 aromatic rings. The zero-order chi connectivity index (χ0) is 8.97. The molecule has 0 amide bonds. The fourth-order valence-corrected chi connectivity index (χ4v) is 1.10. The molecule has 1 aromatic carbocycles. The number of phenolic OH excluding ortho intramolecular Hbond substituents is 1. The highest BCUT2D eigenvalue weighted by Crippen LogP contribution is 2.25. The van der Waals surface area contributed by atoms with Gasteiger partial charge in [0, 0.05) is 5.56 Å². The Bertz CT molecular complexity index is 261. The summed E-state index contributed by atoms with van der Waals surface area (Å²) >= 11 is 0. The molecule has 0 bridgehead atoms. The molecule has 0 saturated carbocycles. The van der Waals surface area contributed by atoms with Gasteiger partial charge in [-0.05, 0) is 18.2 Å². The number of nitrogens with two attached hydrogens (primary N) is 1. The molecular weight excluding hydrogens is 154 g/mol. The van der Waals surface area contributed by atoms with E-state index >= 15 is 0 Å². The van der Waals surface area contributed by atoms with Crippen LogP contribution in [0.25, 0.3) is 0 Å². The minimum atomic E-state index is 0.205. The van der Waals surface area contributed by atoms with Crippen molar-refractivity contribution in [2.75, 3.05) is 14.2 Å². The zero-order valence-corrected chi connectivity index (χ0v) is 7.37. The number of hydrogen-bond donors (Lipinski definition) is 2. The molecule has 3 heteroatoms. The van der Waals surface area contributed by atoms with Crippen LogP contribution >= 0.6 is 0 Å². The highest BCUT2D eigenvalue weighted by Gasteiger charge is 2.01. The van der Waals surface area contributed by atoms with Gasteiger partial charge in [0.15, 0.2) is 11.5 Å². The Labute approximate surface area is 72.0 Å². The molecule has 0 aromatic heterocycles. The lowest BCUT2D eigenvalue weighted by molar-refractivity contribution is -0.643. The number of rotatable bonds is 3. The molecule has 0 fully saturated rings. The second-order valence-corrected chi connectivity index (χ2v) is 2.62. The Morgan fingerprint density at radius 1 is 1.50 bits per heavy atom. The Morgan fingerprint density at radius 3 is 2.75 bits per heavy atom. The van der Waals surface area contributed by atoms with Crippen LogP contribution in [0.1, 0.15) is 5.56 Å². The van der Waals surface area contributed by atoms with Gasteiger partial charge in [-0.15, -0.1) is 0 Å². The summed E-state index contributed by atoms with van der Waals surface area (Å²) in [6, 6.07) is 5.44. The third-order valence-electron chi connectivity index (χ3n) is 1.68. The van der Waals surface area contributed by atoms with Crippen molar-refractivity contribution >= 4 is 0 Å². The first-order valence-electron chi connectivity index (χ1n) is 3.91. The van der Waals surface area contributed by atoms with E-state index in [1.54, 1.807) is 19.2 Å². The highest BCUT2D eigenvalue weighted by molar-refractivity contribution is 5.41. The molecule has 0 atom stereocenters. The second-order valence-electron chi connectivity index (χ2n) is 2.62. The van der Waals surface area contributed by atoms with Gasteiger partial charge in [-0.3, -0.25) is 0 Å². The van der Waals surface area contributed by atoms with E-state index in [1.807, 2.05) is 18.4 Å². The Morgan fingerprint density at radius 2 is 2.25 bits per heavy atom. The maximum absolute atomic E-state index is 9.38. The van der Waals surface area contributed by atoms with E-state index in [9.17, 15) is 5.11 Å². The van der Waals surface area contributed by atoms with E-state index < -0.39 is 0 Å². The van der Waals surface area contributed by atoms with Crippen molar-refractivity contribution in [2.24, 2.45) is 0 Å². The summed E-state index contributed by atoms with van der Waals surface area (Å²) < 4.78 is 4.92. The fourth-order valence-electron chi connectivity index (χ4n) is 1.10. The predicted molar refractivity (Wildman–Crippen MR) is 46.2 cm³/mol. The monoisotopic (exact) mass is 168 g/mol. The van der Waals surface area contributed by atoms with Crippen LogP contribution in [0, 0.1) is 0 Å². The van der Waals surface area contributed by atoms with Gasteiger partial charge in [0.25, 0.3) is 0 Å². The number of phenols is 1. The Hall–Kier alpha value is -1.22. The summed E-state index contributed by atoms with van der Waals surface area (Å²) in [6.07, 6.45) is 0. The van der Waals surface area contributed by atoms with E-state index in [-0.39, 0.29) is 5.75 Å². The van der Waals surface area contributed by atoms with Crippen molar-refractivity contribution in [3.63, 3.8) is 0 Å². The van der Waals surface area contributed by atoms with E-state index in [0.717, 1.165) is 12.1 Å². The molecule has 0 radical (unpaired) electrons. The van der Waals surface area contributed by atoms with Gasteiger partial charge in [-0.2, -0.15) is 0 Å². The normalized spacial score (nSPS) is 9.83. The van der Waals surface area contributed by atoms with Gasteiger partial charge >= 0.3 is 0 Å². The summed E-state index contributed by atoms with van der Waals surface area (Å²) in [7, 11) is 3.53. The zero-order valence-electron chi connectivity index (χ0n) is 7.37. The molecule has 0 aliphatic heterocycles. The number of methoxy groups -OCH3 is 1. The lowest BCUT2D eigenvalue weighted by Gasteiger charge is -2.04. The standard InChI is InChI=1S/C9H13NO2/c1-10-6-7-3-4-9(12-2)8(11)5-7/h3-5,10-11H,6H2,1-2H3/p+1. The van der Waals surface area contributed by atoms with Crippen LogP contribution in [-0.2, 0) is 6.54 Å². The average Bonchev–Trinajstić information content (AvgIpc) is 2.05. The number of hydrogen-bond acceptors (Lipinski definition) is 2.